The van der Waals surface area contributed by atoms with Gasteiger partial charge < -0.3 is 14.4 Å². The molecule has 1 amide bonds. The van der Waals surface area contributed by atoms with Gasteiger partial charge in [0.25, 0.3) is 0 Å². The third-order valence-corrected chi connectivity index (χ3v) is 1.55. The number of carbonyl (C=O) groups excluding carboxylic acids is 1. The van der Waals surface area contributed by atoms with E-state index in [1.54, 1.807) is 7.05 Å². The Kier molecular flexibility index (Phi) is 2.94. The van der Waals surface area contributed by atoms with Gasteiger partial charge in [0.2, 0.25) is 0 Å². The second kappa shape index (κ2) is 3.98. The normalized spacial score (nSPS) is 22.2. The smallest absolute Gasteiger partial charge is 0.410 e. The minimum atomic E-state index is -0.302. The maximum absolute atomic E-state index is 10.8. The lowest BCUT2D eigenvalue weighted by atomic mass is 10.4. The number of carbonyl (C=O) groups is 1. The third kappa shape index (κ3) is 2.14. The summed E-state index contributed by atoms with van der Waals surface area (Å²) >= 11 is 0. The van der Waals surface area contributed by atoms with Crippen LogP contribution in [0.3, 0.4) is 0 Å². The number of hydrogen-bond donors (Lipinski definition) is 0. The summed E-state index contributed by atoms with van der Waals surface area (Å²) in [5.74, 6) is 2.34. The summed E-state index contributed by atoms with van der Waals surface area (Å²) in [5.41, 5.74) is 0. The third-order valence-electron chi connectivity index (χ3n) is 1.55. The molecule has 0 aromatic rings. The highest BCUT2D eigenvalue weighted by atomic mass is 16.6. The molecular formula is C8H11NO3. The maximum Gasteiger partial charge on any atom is 0.410 e. The number of rotatable bonds is 3. The van der Waals surface area contributed by atoms with Gasteiger partial charge in [0.05, 0.1) is 13.2 Å². The van der Waals surface area contributed by atoms with E-state index in [9.17, 15) is 4.79 Å². The lowest BCUT2D eigenvalue weighted by molar-refractivity contribution is 0.0598. The summed E-state index contributed by atoms with van der Waals surface area (Å²) in [6.07, 6.45) is 4.50. The number of nitrogens with zero attached hydrogens (tertiary/aromatic N) is 1. The van der Waals surface area contributed by atoms with E-state index in [1.165, 1.54) is 4.90 Å². The summed E-state index contributed by atoms with van der Waals surface area (Å²) < 4.78 is 9.94. The molecule has 1 heterocycles. The monoisotopic (exact) mass is 169 g/mol. The highest BCUT2D eigenvalue weighted by Gasteiger charge is 2.27. The lowest BCUT2D eigenvalue weighted by Crippen LogP contribution is -2.22. The Balaban J connectivity index is 2.20. The van der Waals surface area contributed by atoms with Gasteiger partial charge in [0.15, 0.2) is 0 Å². The second-order valence-corrected chi connectivity index (χ2v) is 2.61. The SMILES string of the molecule is C#CCOC[C@H]1CN(C)C(=O)O1. The number of likely N-dealkylation sites (N-methyl/N-ethyl adjacent to an activating group) is 1. The van der Waals surface area contributed by atoms with E-state index in [1.807, 2.05) is 0 Å². The molecule has 1 saturated heterocycles. The van der Waals surface area contributed by atoms with Crippen LogP contribution in [0, 0.1) is 12.3 Å². The van der Waals surface area contributed by atoms with Crippen LogP contribution in [0.15, 0.2) is 0 Å². The van der Waals surface area contributed by atoms with Crippen LogP contribution in [-0.2, 0) is 9.47 Å². The summed E-state index contributed by atoms with van der Waals surface area (Å²) in [6.45, 7) is 1.21. The van der Waals surface area contributed by atoms with Crippen LogP contribution in [0.1, 0.15) is 0 Å². The minimum absolute atomic E-state index is 0.171. The Morgan fingerprint density at radius 3 is 3.17 bits per heavy atom. The van der Waals surface area contributed by atoms with E-state index in [-0.39, 0.29) is 18.8 Å². The van der Waals surface area contributed by atoms with Crippen LogP contribution in [0.5, 0.6) is 0 Å². The Morgan fingerprint density at radius 1 is 1.92 bits per heavy atom. The predicted octanol–water partition coefficient (Wildman–Crippen LogP) is 0.0868. The molecule has 1 atom stereocenters. The van der Waals surface area contributed by atoms with E-state index in [0.29, 0.717) is 13.2 Å². The van der Waals surface area contributed by atoms with E-state index >= 15 is 0 Å². The number of ether oxygens (including phenoxy) is 2. The number of amides is 1. The van der Waals surface area contributed by atoms with Crippen molar-refractivity contribution in [2.24, 2.45) is 0 Å². The fourth-order valence-corrected chi connectivity index (χ4v) is 0.986. The van der Waals surface area contributed by atoms with Crippen LogP contribution < -0.4 is 0 Å². The molecule has 0 unspecified atom stereocenters. The van der Waals surface area contributed by atoms with Gasteiger partial charge in [-0.1, -0.05) is 5.92 Å². The fourth-order valence-electron chi connectivity index (χ4n) is 0.986. The molecule has 1 aliphatic rings. The first kappa shape index (κ1) is 8.88. The molecule has 12 heavy (non-hydrogen) atoms. The van der Waals surface area contributed by atoms with Crippen molar-refractivity contribution in [3.63, 3.8) is 0 Å². The Morgan fingerprint density at radius 2 is 2.67 bits per heavy atom. The standard InChI is InChI=1S/C8H11NO3/c1-3-4-11-6-7-5-9(2)8(10)12-7/h1,7H,4-6H2,2H3/t7-/m1/s1. The number of hydrogen-bond acceptors (Lipinski definition) is 3. The molecule has 1 aliphatic heterocycles. The zero-order chi connectivity index (χ0) is 8.97. The first-order valence-corrected chi connectivity index (χ1v) is 3.67. The zero-order valence-corrected chi connectivity index (χ0v) is 6.95. The average molecular weight is 169 g/mol. The van der Waals surface area contributed by atoms with Crippen LogP contribution in [0.4, 0.5) is 4.79 Å². The summed E-state index contributed by atoms with van der Waals surface area (Å²) in [4.78, 5) is 12.3. The van der Waals surface area contributed by atoms with Crippen molar-refractivity contribution in [3.05, 3.63) is 0 Å². The van der Waals surface area contributed by atoms with Gasteiger partial charge in [0.1, 0.15) is 12.7 Å². The first-order chi connectivity index (χ1) is 5.74. The molecule has 0 aromatic carbocycles. The molecule has 0 N–H and O–H groups in total. The molecule has 66 valence electrons. The van der Waals surface area contributed by atoms with Crippen molar-refractivity contribution in [3.8, 4) is 12.3 Å². The molecule has 1 fully saturated rings. The summed E-state index contributed by atoms with van der Waals surface area (Å²) in [7, 11) is 1.68. The van der Waals surface area contributed by atoms with E-state index in [0.717, 1.165) is 0 Å². The maximum atomic E-state index is 10.8. The van der Waals surface area contributed by atoms with Gasteiger partial charge >= 0.3 is 6.09 Å². The van der Waals surface area contributed by atoms with Crippen molar-refractivity contribution in [2.45, 2.75) is 6.10 Å². The van der Waals surface area contributed by atoms with Gasteiger partial charge in [0, 0.05) is 7.05 Å². The van der Waals surface area contributed by atoms with Gasteiger partial charge in [-0.2, -0.15) is 0 Å². The van der Waals surface area contributed by atoms with Crippen molar-refractivity contribution in [2.75, 3.05) is 26.8 Å². The van der Waals surface area contributed by atoms with Crippen LogP contribution in [-0.4, -0.2) is 43.9 Å². The van der Waals surface area contributed by atoms with Crippen LogP contribution in [0.25, 0.3) is 0 Å². The quantitative estimate of drug-likeness (QED) is 0.444. The lowest BCUT2D eigenvalue weighted by Gasteiger charge is -2.06. The molecular weight excluding hydrogens is 158 g/mol. The largest absolute Gasteiger partial charge is 0.442 e. The predicted molar refractivity (Wildman–Crippen MR) is 42.6 cm³/mol. The van der Waals surface area contributed by atoms with Crippen LogP contribution >= 0.6 is 0 Å². The van der Waals surface area contributed by atoms with E-state index in [4.69, 9.17) is 15.9 Å². The minimum Gasteiger partial charge on any atom is -0.442 e. The number of terminal acetylenes is 1. The summed E-state index contributed by atoms with van der Waals surface area (Å²) in [5, 5.41) is 0. The fraction of sp³-hybridized carbons (Fsp3) is 0.625. The van der Waals surface area contributed by atoms with E-state index in [2.05, 4.69) is 5.92 Å². The van der Waals surface area contributed by atoms with Gasteiger partial charge in [-0.25, -0.2) is 4.79 Å². The summed E-state index contributed by atoms with van der Waals surface area (Å²) in [6, 6.07) is 0. The molecule has 0 bridgehead atoms. The molecule has 4 heteroatoms. The number of cyclic esters (lactones) is 1. The second-order valence-electron chi connectivity index (χ2n) is 2.61. The molecule has 0 radical (unpaired) electrons. The van der Waals surface area contributed by atoms with Gasteiger partial charge in [-0.3, -0.25) is 0 Å². The topological polar surface area (TPSA) is 38.8 Å². The molecule has 0 aromatic heterocycles. The van der Waals surface area contributed by atoms with Gasteiger partial charge in [-0.15, -0.1) is 6.42 Å². The Labute approximate surface area is 71.4 Å². The van der Waals surface area contributed by atoms with Crippen molar-refractivity contribution in [1.29, 1.82) is 0 Å². The van der Waals surface area contributed by atoms with E-state index < -0.39 is 0 Å². The van der Waals surface area contributed by atoms with Crippen molar-refractivity contribution >= 4 is 6.09 Å². The molecule has 4 nitrogen and oxygen atoms in total. The van der Waals surface area contributed by atoms with Crippen molar-refractivity contribution in [1.82, 2.24) is 4.90 Å². The highest BCUT2D eigenvalue weighted by Crippen LogP contribution is 2.08. The van der Waals surface area contributed by atoms with Crippen LogP contribution in [0.2, 0.25) is 0 Å². The molecule has 0 spiro atoms. The van der Waals surface area contributed by atoms with Crippen molar-refractivity contribution < 1.29 is 14.3 Å². The first-order valence-electron chi connectivity index (χ1n) is 3.67. The zero-order valence-electron chi connectivity index (χ0n) is 6.95. The average Bonchev–Trinajstić information content (AvgIpc) is 2.32. The van der Waals surface area contributed by atoms with Gasteiger partial charge in [-0.05, 0) is 0 Å². The Hall–Kier alpha value is -1.21. The Bertz CT molecular complexity index is 209. The molecule has 0 aliphatic carbocycles. The molecule has 0 saturated carbocycles. The molecule has 1 rings (SSSR count). The highest BCUT2D eigenvalue weighted by molar-refractivity contribution is 5.69.